The van der Waals surface area contributed by atoms with Gasteiger partial charge in [0.05, 0.1) is 6.04 Å². The number of aromatic amines is 1. The Bertz CT molecular complexity index is 1640. The van der Waals surface area contributed by atoms with Gasteiger partial charge in [-0.2, -0.15) is 0 Å². The van der Waals surface area contributed by atoms with Crippen LogP contribution in [0.5, 0.6) is 0 Å². The van der Waals surface area contributed by atoms with E-state index in [9.17, 15) is 14.7 Å². The molecule has 0 aliphatic carbocycles. The van der Waals surface area contributed by atoms with Crippen LogP contribution in [0.15, 0.2) is 60.9 Å². The molecule has 218 valence electrons. The highest BCUT2D eigenvalue weighted by molar-refractivity contribution is 5.85. The van der Waals surface area contributed by atoms with Crippen LogP contribution in [-0.4, -0.2) is 55.6 Å². The van der Waals surface area contributed by atoms with Crippen LogP contribution >= 0.6 is 0 Å². The maximum absolute atomic E-state index is 13.5. The standard InChI is InChI=1S/C34H38N4O4/c1-21-18-35-31-26(21)17-25(19-36-31)24-15-23-12-14-37(32(40)30(39)22-9-6-5-7-10-22)20-28(23)27(16-24)29-11-8-13-38(29)33(41)42-34(2,3)4/h5-7,9-10,15-19,29-30,39H,8,11-14,20H2,1-4H3,(H,35,36)/t29-,30?/m0/s1. The Morgan fingerprint density at radius 2 is 1.88 bits per heavy atom. The molecule has 4 heterocycles. The van der Waals surface area contributed by atoms with Gasteiger partial charge < -0.3 is 24.6 Å². The van der Waals surface area contributed by atoms with E-state index in [0.29, 0.717) is 31.6 Å². The summed E-state index contributed by atoms with van der Waals surface area (Å²) >= 11 is 0. The molecule has 6 rings (SSSR count). The van der Waals surface area contributed by atoms with Gasteiger partial charge in [-0.1, -0.05) is 36.4 Å². The fourth-order valence-electron chi connectivity index (χ4n) is 6.22. The molecule has 8 nitrogen and oxygen atoms in total. The van der Waals surface area contributed by atoms with Crippen molar-refractivity contribution >= 4 is 23.0 Å². The second kappa shape index (κ2) is 10.9. The van der Waals surface area contributed by atoms with Gasteiger partial charge in [-0.25, -0.2) is 9.78 Å². The predicted octanol–water partition coefficient (Wildman–Crippen LogP) is 6.23. The van der Waals surface area contributed by atoms with Crippen molar-refractivity contribution in [1.29, 1.82) is 0 Å². The van der Waals surface area contributed by atoms with Gasteiger partial charge in [0.1, 0.15) is 11.2 Å². The van der Waals surface area contributed by atoms with Crippen LogP contribution in [0.1, 0.15) is 73.6 Å². The molecule has 2 aromatic heterocycles. The zero-order valence-corrected chi connectivity index (χ0v) is 24.7. The van der Waals surface area contributed by atoms with Crippen molar-refractivity contribution in [1.82, 2.24) is 19.8 Å². The van der Waals surface area contributed by atoms with Crippen molar-refractivity contribution in [2.75, 3.05) is 13.1 Å². The fourth-order valence-corrected chi connectivity index (χ4v) is 6.22. The molecule has 4 aromatic rings. The average Bonchev–Trinajstić information content (AvgIpc) is 3.62. The van der Waals surface area contributed by atoms with Crippen LogP contribution in [0.25, 0.3) is 22.2 Å². The van der Waals surface area contributed by atoms with Gasteiger partial charge in [-0.3, -0.25) is 4.79 Å². The van der Waals surface area contributed by atoms with Gasteiger partial charge in [0.2, 0.25) is 0 Å². The van der Waals surface area contributed by atoms with Crippen molar-refractivity contribution in [2.24, 2.45) is 0 Å². The maximum Gasteiger partial charge on any atom is 0.410 e. The van der Waals surface area contributed by atoms with E-state index in [1.807, 2.05) is 56.3 Å². The first-order valence-electron chi connectivity index (χ1n) is 14.7. The molecule has 1 fully saturated rings. The Kier molecular flexibility index (Phi) is 7.27. The molecule has 1 saturated heterocycles. The summed E-state index contributed by atoms with van der Waals surface area (Å²) < 4.78 is 5.80. The quantitative estimate of drug-likeness (QED) is 0.305. The highest BCUT2D eigenvalue weighted by atomic mass is 16.6. The van der Waals surface area contributed by atoms with Crippen LogP contribution in [0.2, 0.25) is 0 Å². The van der Waals surface area contributed by atoms with E-state index in [1.54, 1.807) is 17.0 Å². The number of hydrogen-bond acceptors (Lipinski definition) is 5. The number of amides is 2. The normalized spacial score (nSPS) is 17.8. The molecule has 2 aliphatic rings. The highest BCUT2D eigenvalue weighted by Crippen LogP contribution is 2.41. The lowest BCUT2D eigenvalue weighted by Crippen LogP contribution is -2.40. The van der Waals surface area contributed by atoms with Gasteiger partial charge in [-0.15, -0.1) is 0 Å². The third kappa shape index (κ3) is 5.39. The SMILES string of the molecule is Cc1c[nH]c2ncc(-c3cc4c(c([C@@H]5CCCN5C(=O)OC(C)(C)C)c3)CN(C(=O)C(O)c3ccccc3)CC4)cc12. The second-order valence-corrected chi connectivity index (χ2v) is 12.4. The summed E-state index contributed by atoms with van der Waals surface area (Å²) in [5.74, 6) is -0.310. The largest absolute Gasteiger partial charge is 0.444 e. The van der Waals surface area contributed by atoms with E-state index < -0.39 is 11.7 Å². The van der Waals surface area contributed by atoms with Crippen LogP contribution in [0.3, 0.4) is 0 Å². The number of carbonyl (C=O) groups excluding carboxylic acids is 2. The van der Waals surface area contributed by atoms with Gasteiger partial charge >= 0.3 is 6.09 Å². The Balaban J connectivity index is 1.40. The Morgan fingerprint density at radius 1 is 1.10 bits per heavy atom. The zero-order chi connectivity index (χ0) is 29.6. The predicted molar refractivity (Wildman–Crippen MR) is 162 cm³/mol. The Hall–Kier alpha value is -4.17. The molecule has 0 saturated carbocycles. The average molecular weight is 567 g/mol. The lowest BCUT2D eigenvalue weighted by Gasteiger charge is -2.35. The fraction of sp³-hybridized carbons (Fsp3) is 0.382. The molecule has 8 heteroatoms. The molecule has 0 bridgehead atoms. The first kappa shape index (κ1) is 28.0. The van der Waals surface area contributed by atoms with Crippen molar-refractivity contribution in [3.8, 4) is 11.1 Å². The molecule has 1 unspecified atom stereocenters. The lowest BCUT2D eigenvalue weighted by molar-refractivity contribution is -0.141. The monoisotopic (exact) mass is 566 g/mol. The smallest absolute Gasteiger partial charge is 0.410 e. The zero-order valence-electron chi connectivity index (χ0n) is 24.7. The summed E-state index contributed by atoms with van der Waals surface area (Å²) in [5.41, 5.74) is 7.25. The van der Waals surface area contributed by atoms with Gasteiger partial charge in [-0.05, 0) is 92.5 Å². The molecule has 0 radical (unpaired) electrons. The third-order valence-corrected chi connectivity index (χ3v) is 8.35. The number of nitrogens with zero attached hydrogens (tertiary/aromatic N) is 3. The van der Waals surface area contributed by atoms with E-state index in [1.165, 1.54) is 0 Å². The van der Waals surface area contributed by atoms with Crippen LogP contribution in [0, 0.1) is 6.92 Å². The Labute approximate surface area is 246 Å². The number of fused-ring (bicyclic) bond motifs is 2. The van der Waals surface area contributed by atoms with Crippen molar-refractivity contribution < 1.29 is 19.4 Å². The number of likely N-dealkylation sites (tertiary alicyclic amines) is 1. The molecule has 2 aliphatic heterocycles. The van der Waals surface area contributed by atoms with Crippen LogP contribution in [0.4, 0.5) is 4.79 Å². The number of aryl methyl sites for hydroxylation is 1. The summed E-state index contributed by atoms with van der Waals surface area (Å²) in [4.78, 5) is 38.3. The molecule has 2 atom stereocenters. The number of ether oxygens (including phenoxy) is 1. The van der Waals surface area contributed by atoms with Crippen LogP contribution < -0.4 is 0 Å². The molecule has 42 heavy (non-hydrogen) atoms. The number of nitrogens with one attached hydrogen (secondary N) is 1. The number of benzene rings is 2. The highest BCUT2D eigenvalue weighted by Gasteiger charge is 2.37. The van der Waals surface area contributed by atoms with Crippen LogP contribution in [-0.2, 0) is 22.5 Å². The van der Waals surface area contributed by atoms with Crippen molar-refractivity contribution in [3.63, 3.8) is 0 Å². The lowest BCUT2D eigenvalue weighted by atomic mass is 9.86. The maximum atomic E-state index is 13.5. The second-order valence-electron chi connectivity index (χ2n) is 12.4. The summed E-state index contributed by atoms with van der Waals surface area (Å²) in [7, 11) is 0. The summed E-state index contributed by atoms with van der Waals surface area (Å²) in [5, 5.41) is 12.0. The number of H-pyrrole nitrogens is 1. The number of carbonyl (C=O) groups is 2. The van der Waals surface area contributed by atoms with Gasteiger partial charge in [0.15, 0.2) is 6.10 Å². The van der Waals surface area contributed by atoms with E-state index in [-0.39, 0.29) is 18.0 Å². The van der Waals surface area contributed by atoms with E-state index in [4.69, 9.17) is 4.74 Å². The van der Waals surface area contributed by atoms with E-state index >= 15 is 0 Å². The Morgan fingerprint density at radius 3 is 2.64 bits per heavy atom. The topological polar surface area (TPSA) is 98.8 Å². The number of aliphatic hydroxyl groups is 1. The first-order chi connectivity index (χ1) is 20.1. The molecule has 0 spiro atoms. The molecule has 2 aromatic carbocycles. The minimum absolute atomic E-state index is 0.173. The summed E-state index contributed by atoms with van der Waals surface area (Å²) in [6.07, 6.45) is 4.64. The summed E-state index contributed by atoms with van der Waals surface area (Å²) in [6, 6.07) is 15.4. The van der Waals surface area contributed by atoms with Crippen molar-refractivity contribution in [2.45, 2.75) is 71.2 Å². The molecular weight excluding hydrogens is 528 g/mol. The summed E-state index contributed by atoms with van der Waals surface area (Å²) in [6.45, 7) is 9.21. The number of aliphatic hydroxyl groups excluding tert-OH is 1. The van der Waals surface area contributed by atoms with Crippen molar-refractivity contribution in [3.05, 3.63) is 88.7 Å². The molecule has 2 N–H and O–H groups in total. The third-order valence-electron chi connectivity index (χ3n) is 8.35. The minimum Gasteiger partial charge on any atom is -0.444 e. The van der Waals surface area contributed by atoms with Gasteiger partial charge in [0, 0.05) is 43.0 Å². The molecule has 2 amide bonds. The number of hydrogen-bond donors (Lipinski definition) is 2. The number of pyridine rings is 1. The van der Waals surface area contributed by atoms with Gasteiger partial charge in [0.25, 0.3) is 5.91 Å². The first-order valence-corrected chi connectivity index (χ1v) is 14.7. The van der Waals surface area contributed by atoms with E-state index in [2.05, 4.69) is 35.1 Å². The van der Waals surface area contributed by atoms with E-state index in [0.717, 1.165) is 57.3 Å². The number of aromatic nitrogens is 2. The molecular formula is C34H38N4O4. The minimum atomic E-state index is -1.22. The number of rotatable bonds is 4.